The van der Waals surface area contributed by atoms with Crippen molar-refractivity contribution in [2.45, 2.75) is 6.42 Å². The van der Waals surface area contributed by atoms with Gasteiger partial charge in [-0.15, -0.1) is 0 Å². The topological polar surface area (TPSA) is 115 Å². The molecule has 0 bridgehead atoms. The van der Waals surface area contributed by atoms with Crippen molar-refractivity contribution < 1.29 is 28.7 Å². The Balaban J connectivity index is -0.000000500. The second-order valence-electron chi connectivity index (χ2n) is 2.13. The maximum Gasteiger partial charge on any atom is 0.325 e. The van der Waals surface area contributed by atoms with Crippen molar-refractivity contribution in [1.29, 1.82) is 0 Å². The average molecular weight is 250 g/mol. The predicted octanol–water partition coefficient (Wildman–Crippen LogP) is -1.03. The Bertz CT molecular complexity index is 186. The summed E-state index contributed by atoms with van der Waals surface area (Å²) in [6.07, 6.45) is -1.11. The molecule has 13 heavy (non-hydrogen) atoms. The first kappa shape index (κ1) is 20.7. The van der Waals surface area contributed by atoms with Crippen LogP contribution in [0.15, 0.2) is 0 Å². The first-order valence-corrected chi connectivity index (χ1v) is 6.39. The molecule has 0 heterocycles. The van der Waals surface area contributed by atoms with Crippen LogP contribution in [0.4, 0.5) is 0 Å². The van der Waals surface area contributed by atoms with Gasteiger partial charge in [-0.25, -0.2) is 0 Å². The first-order chi connectivity index (χ1) is 4.71. The zero-order chi connectivity index (χ0) is 9.12. The van der Waals surface area contributed by atoms with Crippen LogP contribution in [0.5, 0.6) is 0 Å². The van der Waals surface area contributed by atoms with Crippen LogP contribution in [0.1, 0.15) is 6.42 Å². The molecule has 2 radical (unpaired) electrons. The molecular weight excluding hydrogens is 240 g/mol. The van der Waals surface area contributed by atoms with Crippen LogP contribution in [0.2, 0.25) is 0 Å². The molecule has 0 spiro atoms. The Morgan fingerprint density at radius 1 is 0.769 bits per heavy atom. The molecule has 4 N–H and O–H groups in total. The molecular formula is C3H10Na2O6P2. The van der Waals surface area contributed by atoms with Gasteiger partial charge in [-0.1, -0.05) is 0 Å². The van der Waals surface area contributed by atoms with Crippen LogP contribution < -0.4 is 0 Å². The van der Waals surface area contributed by atoms with Gasteiger partial charge in [0.15, 0.2) is 0 Å². The van der Waals surface area contributed by atoms with Crippen molar-refractivity contribution >= 4 is 74.3 Å². The van der Waals surface area contributed by atoms with E-state index in [0.29, 0.717) is 0 Å². The van der Waals surface area contributed by atoms with E-state index >= 15 is 0 Å². The SMILES string of the molecule is O=P(O)(O)CCCP(=O)(O)O.[Na].[Na]. The Labute approximate surface area is 120 Å². The van der Waals surface area contributed by atoms with Gasteiger partial charge in [0.25, 0.3) is 0 Å². The summed E-state index contributed by atoms with van der Waals surface area (Å²) in [6.45, 7) is 0. The minimum atomic E-state index is -4.10. The largest absolute Gasteiger partial charge is 0.325 e. The maximum absolute atomic E-state index is 10.2. The van der Waals surface area contributed by atoms with Crippen molar-refractivity contribution in [2.75, 3.05) is 12.3 Å². The smallest absolute Gasteiger partial charge is 0.324 e. The van der Waals surface area contributed by atoms with E-state index in [9.17, 15) is 9.13 Å². The van der Waals surface area contributed by atoms with E-state index < -0.39 is 27.5 Å². The average Bonchev–Trinajstić information content (AvgIpc) is 1.55. The van der Waals surface area contributed by atoms with Crippen molar-refractivity contribution in [3.05, 3.63) is 0 Å². The quantitative estimate of drug-likeness (QED) is 0.374. The molecule has 0 atom stereocenters. The van der Waals surface area contributed by atoms with Gasteiger partial charge in [0.1, 0.15) is 0 Å². The van der Waals surface area contributed by atoms with Crippen LogP contribution in [0, 0.1) is 0 Å². The molecule has 0 aliphatic rings. The standard InChI is InChI=1S/C3H10O6P2.2Na/c4-10(5,6)2-1-3-11(7,8)9;;/h1-3H2,(H2,4,5,6)(H2,7,8,9);;. The van der Waals surface area contributed by atoms with E-state index in [1.807, 2.05) is 0 Å². The first-order valence-electron chi connectivity index (χ1n) is 2.80. The van der Waals surface area contributed by atoms with Crippen molar-refractivity contribution in [3.63, 3.8) is 0 Å². The normalized spacial score (nSPS) is 11.4. The summed E-state index contributed by atoms with van der Waals surface area (Å²) in [6, 6.07) is 0. The summed E-state index contributed by atoms with van der Waals surface area (Å²) in [5, 5.41) is 0. The van der Waals surface area contributed by atoms with Crippen LogP contribution in [-0.2, 0) is 9.13 Å². The summed E-state index contributed by atoms with van der Waals surface area (Å²) in [5.41, 5.74) is 0. The zero-order valence-corrected chi connectivity index (χ0v) is 13.4. The molecule has 0 aromatic carbocycles. The fraction of sp³-hybridized carbons (Fsp3) is 1.00. The minimum Gasteiger partial charge on any atom is -0.324 e. The van der Waals surface area contributed by atoms with Gasteiger partial charge in [0.2, 0.25) is 0 Å². The fourth-order valence-electron chi connectivity index (χ4n) is 0.483. The van der Waals surface area contributed by atoms with Gasteiger partial charge >= 0.3 is 15.2 Å². The molecule has 0 amide bonds. The third kappa shape index (κ3) is 20.4. The number of hydrogen-bond acceptors (Lipinski definition) is 2. The second kappa shape index (κ2) is 8.45. The molecule has 0 saturated carbocycles. The van der Waals surface area contributed by atoms with Gasteiger partial charge in [0, 0.05) is 59.1 Å². The minimum absolute atomic E-state index is 0. The summed E-state index contributed by atoms with van der Waals surface area (Å²) >= 11 is 0. The Hall–Kier alpha value is 2.30. The van der Waals surface area contributed by atoms with Crippen LogP contribution >= 0.6 is 15.2 Å². The van der Waals surface area contributed by atoms with Gasteiger partial charge in [-0.05, 0) is 6.42 Å². The molecule has 0 rings (SSSR count). The molecule has 0 fully saturated rings. The summed E-state index contributed by atoms with van der Waals surface area (Å²) < 4.78 is 20.3. The van der Waals surface area contributed by atoms with Crippen molar-refractivity contribution in [1.82, 2.24) is 0 Å². The monoisotopic (exact) mass is 250 g/mol. The van der Waals surface area contributed by atoms with E-state index in [1.165, 1.54) is 0 Å². The molecule has 0 unspecified atom stereocenters. The summed E-state index contributed by atoms with van der Waals surface area (Å²) in [5.74, 6) is 0. The second-order valence-corrected chi connectivity index (χ2v) is 5.68. The summed E-state index contributed by atoms with van der Waals surface area (Å²) in [4.78, 5) is 33.1. The van der Waals surface area contributed by atoms with Gasteiger partial charge in [-0.3, -0.25) is 9.13 Å². The van der Waals surface area contributed by atoms with Crippen molar-refractivity contribution in [3.8, 4) is 0 Å². The Kier molecular flexibility index (Phi) is 13.4. The zero-order valence-electron chi connectivity index (χ0n) is 7.62. The van der Waals surface area contributed by atoms with Crippen LogP contribution in [0.25, 0.3) is 0 Å². The van der Waals surface area contributed by atoms with E-state index in [4.69, 9.17) is 19.6 Å². The van der Waals surface area contributed by atoms with E-state index in [2.05, 4.69) is 0 Å². The van der Waals surface area contributed by atoms with Crippen molar-refractivity contribution in [2.24, 2.45) is 0 Å². The fourth-order valence-corrected chi connectivity index (χ4v) is 1.87. The van der Waals surface area contributed by atoms with E-state index in [0.717, 1.165) is 0 Å². The molecule has 0 aliphatic heterocycles. The molecule has 0 saturated heterocycles. The Morgan fingerprint density at radius 2 is 1.00 bits per heavy atom. The van der Waals surface area contributed by atoms with Crippen LogP contribution in [0.3, 0.4) is 0 Å². The maximum atomic E-state index is 10.2. The van der Waals surface area contributed by atoms with E-state index in [-0.39, 0.29) is 65.5 Å². The molecule has 0 aliphatic carbocycles. The number of rotatable bonds is 4. The summed E-state index contributed by atoms with van der Waals surface area (Å²) in [7, 11) is -8.19. The third-order valence-corrected chi connectivity index (χ3v) is 2.70. The van der Waals surface area contributed by atoms with E-state index in [1.54, 1.807) is 0 Å². The molecule has 70 valence electrons. The predicted molar refractivity (Wildman–Crippen MR) is 49.9 cm³/mol. The third-order valence-electron chi connectivity index (χ3n) is 0.899. The molecule has 0 aromatic heterocycles. The molecule has 10 heteroatoms. The molecule has 0 aromatic rings. The van der Waals surface area contributed by atoms with Gasteiger partial charge < -0.3 is 19.6 Å². The van der Waals surface area contributed by atoms with Crippen LogP contribution in [-0.4, -0.2) is 91.0 Å². The molecule has 6 nitrogen and oxygen atoms in total. The van der Waals surface area contributed by atoms with Gasteiger partial charge in [0.05, 0.1) is 12.3 Å². The Morgan fingerprint density at radius 3 is 1.15 bits per heavy atom. The van der Waals surface area contributed by atoms with Gasteiger partial charge in [-0.2, -0.15) is 0 Å². The number of hydrogen-bond donors (Lipinski definition) is 4.